The lowest BCUT2D eigenvalue weighted by Gasteiger charge is -2.06. The van der Waals surface area contributed by atoms with Gasteiger partial charge >= 0.3 is 0 Å². The summed E-state index contributed by atoms with van der Waals surface area (Å²) in [4.78, 5) is 12.3. The maximum Gasteiger partial charge on any atom is 0.277 e. The van der Waals surface area contributed by atoms with E-state index in [9.17, 15) is 4.79 Å². The van der Waals surface area contributed by atoms with Crippen LogP contribution in [-0.4, -0.2) is 25.5 Å². The molecule has 2 aromatic heterocycles. The third-order valence-corrected chi connectivity index (χ3v) is 3.56. The third-order valence-electron chi connectivity index (χ3n) is 3.32. The minimum absolute atomic E-state index is 0.128. The minimum Gasteiger partial charge on any atom is -0.471 e. The van der Waals surface area contributed by atoms with Gasteiger partial charge in [-0.15, -0.1) is 0 Å². The fraction of sp³-hybridized carbons (Fsp3) is 0.125. The van der Waals surface area contributed by atoms with Gasteiger partial charge in [-0.25, -0.2) is 4.68 Å². The lowest BCUT2D eigenvalue weighted by Crippen LogP contribution is -2.17. The molecule has 0 saturated carbocycles. The first-order valence-electron chi connectivity index (χ1n) is 7.22. The van der Waals surface area contributed by atoms with Crippen molar-refractivity contribution in [2.24, 2.45) is 7.05 Å². The Balaban J connectivity index is 1.65. The van der Waals surface area contributed by atoms with Gasteiger partial charge in [0.05, 0.1) is 6.20 Å². The molecule has 0 radical (unpaired) electrons. The number of carbonyl (C=O) groups is 1. The Labute approximate surface area is 148 Å². The second-order valence-electron chi connectivity index (χ2n) is 5.07. The van der Waals surface area contributed by atoms with Crippen molar-refractivity contribution in [3.05, 3.63) is 59.0 Å². The van der Waals surface area contributed by atoms with Crippen LogP contribution in [0.15, 0.2) is 42.7 Å². The molecule has 1 N–H and O–H groups in total. The first-order chi connectivity index (χ1) is 12.1. The number of nitriles is 1. The molecule has 0 fully saturated rings. The number of rotatable bonds is 5. The summed E-state index contributed by atoms with van der Waals surface area (Å²) in [5.41, 5.74) is 0.472. The molecule has 3 aromatic rings. The molecule has 25 heavy (non-hydrogen) atoms. The molecule has 0 saturated heterocycles. The van der Waals surface area contributed by atoms with Gasteiger partial charge in [0.15, 0.2) is 12.4 Å². The van der Waals surface area contributed by atoms with E-state index in [-0.39, 0.29) is 18.0 Å². The van der Waals surface area contributed by atoms with E-state index in [1.54, 1.807) is 43.6 Å². The van der Waals surface area contributed by atoms with Crippen molar-refractivity contribution >= 4 is 23.3 Å². The van der Waals surface area contributed by atoms with Crippen LogP contribution >= 0.6 is 11.6 Å². The van der Waals surface area contributed by atoms with Crippen LogP contribution in [0.25, 0.3) is 0 Å². The number of carbonyl (C=O) groups excluding carboxylic acids is 1. The molecule has 1 amide bonds. The number of aromatic nitrogens is 4. The van der Waals surface area contributed by atoms with Gasteiger partial charge in [-0.05, 0) is 24.3 Å². The van der Waals surface area contributed by atoms with Crippen molar-refractivity contribution in [2.75, 3.05) is 5.32 Å². The highest BCUT2D eigenvalue weighted by atomic mass is 35.5. The highest BCUT2D eigenvalue weighted by molar-refractivity contribution is 6.30. The van der Waals surface area contributed by atoms with Crippen LogP contribution in [0.4, 0.5) is 5.82 Å². The molecule has 0 atom stereocenters. The molecule has 2 heterocycles. The van der Waals surface area contributed by atoms with Gasteiger partial charge in [0, 0.05) is 18.3 Å². The Morgan fingerprint density at radius 3 is 3.04 bits per heavy atom. The summed E-state index contributed by atoms with van der Waals surface area (Å²) in [5.74, 6) is 0.474. The molecule has 3 rings (SSSR count). The summed E-state index contributed by atoms with van der Waals surface area (Å²) < 4.78 is 8.44. The number of halogens is 1. The van der Waals surface area contributed by atoms with Crippen LogP contribution in [0.1, 0.15) is 16.1 Å². The van der Waals surface area contributed by atoms with Crippen molar-refractivity contribution in [2.45, 2.75) is 6.73 Å². The number of benzene rings is 1. The standard InChI is InChI=1S/C16H13ClN6O2/c1-22-15(11(8-18)9-19-22)20-16(24)14-5-6-23(21-14)10-25-13-4-2-3-12(17)7-13/h2-7,9H,10H2,1H3,(H,20,24). The number of hydrogen-bond donors (Lipinski definition) is 1. The zero-order chi connectivity index (χ0) is 17.8. The molecular weight excluding hydrogens is 344 g/mol. The molecule has 0 aliphatic heterocycles. The molecule has 1 aromatic carbocycles. The first-order valence-corrected chi connectivity index (χ1v) is 7.60. The molecule has 9 heteroatoms. The normalized spacial score (nSPS) is 10.3. The second-order valence-corrected chi connectivity index (χ2v) is 5.50. The molecular formula is C16H13ClN6O2. The Bertz CT molecular complexity index is 956. The second kappa shape index (κ2) is 7.07. The molecule has 8 nitrogen and oxygen atoms in total. The van der Waals surface area contributed by atoms with E-state index in [1.807, 2.05) is 6.07 Å². The summed E-state index contributed by atoms with van der Waals surface area (Å²) in [7, 11) is 1.63. The van der Waals surface area contributed by atoms with Gasteiger partial charge in [0.25, 0.3) is 5.91 Å². The zero-order valence-corrected chi connectivity index (χ0v) is 13.9. The predicted octanol–water partition coefficient (Wildman–Crippen LogP) is 2.43. The highest BCUT2D eigenvalue weighted by Crippen LogP contribution is 2.17. The number of nitrogens with one attached hydrogen (secondary N) is 1. The van der Waals surface area contributed by atoms with Gasteiger partial charge in [-0.3, -0.25) is 9.48 Å². The van der Waals surface area contributed by atoms with Gasteiger partial charge in [-0.1, -0.05) is 17.7 Å². The van der Waals surface area contributed by atoms with Crippen LogP contribution in [0.5, 0.6) is 5.75 Å². The summed E-state index contributed by atoms with van der Waals surface area (Å²) in [6.07, 6.45) is 3.00. The fourth-order valence-corrected chi connectivity index (χ4v) is 2.27. The van der Waals surface area contributed by atoms with Crippen molar-refractivity contribution in [1.82, 2.24) is 19.6 Å². The smallest absolute Gasteiger partial charge is 0.277 e. The van der Waals surface area contributed by atoms with Gasteiger partial charge in [0.2, 0.25) is 0 Å². The third kappa shape index (κ3) is 3.79. The molecule has 126 valence electrons. The van der Waals surface area contributed by atoms with E-state index in [0.29, 0.717) is 16.6 Å². The predicted molar refractivity (Wildman–Crippen MR) is 90.2 cm³/mol. The van der Waals surface area contributed by atoms with Crippen molar-refractivity contribution < 1.29 is 9.53 Å². The monoisotopic (exact) mass is 356 g/mol. The molecule has 0 unspecified atom stereocenters. The summed E-state index contributed by atoms with van der Waals surface area (Å²) in [6.45, 7) is 0.128. The number of aryl methyl sites for hydroxylation is 1. The lowest BCUT2D eigenvalue weighted by molar-refractivity contribution is 0.101. The van der Waals surface area contributed by atoms with Crippen LogP contribution in [-0.2, 0) is 13.8 Å². The molecule has 0 spiro atoms. The fourth-order valence-electron chi connectivity index (χ4n) is 2.09. The quantitative estimate of drug-likeness (QED) is 0.757. The Kier molecular flexibility index (Phi) is 4.68. The van der Waals surface area contributed by atoms with Crippen LogP contribution < -0.4 is 10.1 Å². The number of nitrogens with zero attached hydrogens (tertiary/aromatic N) is 5. The van der Waals surface area contributed by atoms with Crippen LogP contribution in [0.2, 0.25) is 5.02 Å². The molecule has 0 aliphatic carbocycles. The van der Waals surface area contributed by atoms with E-state index in [2.05, 4.69) is 15.5 Å². The Morgan fingerprint density at radius 2 is 2.28 bits per heavy atom. The average molecular weight is 357 g/mol. The zero-order valence-electron chi connectivity index (χ0n) is 13.2. The van der Waals surface area contributed by atoms with Crippen molar-refractivity contribution in [1.29, 1.82) is 5.26 Å². The van der Waals surface area contributed by atoms with Gasteiger partial charge in [0.1, 0.15) is 23.2 Å². The van der Waals surface area contributed by atoms with E-state index in [0.717, 1.165) is 0 Å². The summed E-state index contributed by atoms with van der Waals surface area (Å²) in [5, 5.41) is 20.3. The largest absolute Gasteiger partial charge is 0.471 e. The lowest BCUT2D eigenvalue weighted by atomic mass is 10.3. The maximum atomic E-state index is 12.3. The van der Waals surface area contributed by atoms with Crippen molar-refractivity contribution in [3.8, 4) is 11.8 Å². The molecule has 0 bridgehead atoms. The molecule has 0 aliphatic rings. The first kappa shape index (κ1) is 16.5. The van der Waals surface area contributed by atoms with Crippen LogP contribution in [0, 0.1) is 11.3 Å². The Hall–Kier alpha value is -3.31. The Morgan fingerprint density at radius 1 is 1.44 bits per heavy atom. The summed E-state index contributed by atoms with van der Waals surface area (Å²) >= 11 is 5.89. The highest BCUT2D eigenvalue weighted by Gasteiger charge is 2.15. The van der Waals surface area contributed by atoms with Crippen LogP contribution in [0.3, 0.4) is 0 Å². The summed E-state index contributed by atoms with van der Waals surface area (Å²) in [6, 6.07) is 10.5. The SMILES string of the molecule is Cn1ncc(C#N)c1NC(=O)c1ccn(COc2cccc(Cl)c2)n1. The van der Waals surface area contributed by atoms with E-state index >= 15 is 0 Å². The van der Waals surface area contributed by atoms with E-state index < -0.39 is 5.91 Å². The van der Waals surface area contributed by atoms with E-state index in [1.165, 1.54) is 15.6 Å². The number of ether oxygens (including phenoxy) is 1. The maximum absolute atomic E-state index is 12.3. The number of anilines is 1. The minimum atomic E-state index is -0.443. The van der Waals surface area contributed by atoms with E-state index in [4.69, 9.17) is 21.6 Å². The number of amides is 1. The van der Waals surface area contributed by atoms with Crippen molar-refractivity contribution in [3.63, 3.8) is 0 Å². The number of hydrogen-bond acceptors (Lipinski definition) is 5. The van der Waals surface area contributed by atoms with Gasteiger partial charge in [-0.2, -0.15) is 15.5 Å². The average Bonchev–Trinajstić information content (AvgIpc) is 3.21. The topological polar surface area (TPSA) is 97.8 Å². The van der Waals surface area contributed by atoms with Gasteiger partial charge < -0.3 is 10.1 Å².